The number of nitrogens with zero attached hydrogens (tertiary/aromatic N) is 2. The number of nitrogens with one attached hydrogen (secondary N) is 2. The summed E-state index contributed by atoms with van der Waals surface area (Å²) in [7, 11) is 0. The first-order chi connectivity index (χ1) is 7.31. The predicted molar refractivity (Wildman–Crippen MR) is 57.4 cm³/mol. The van der Waals surface area contributed by atoms with Crippen LogP contribution >= 0.6 is 0 Å². The normalized spacial score (nSPS) is 9.20. The summed E-state index contributed by atoms with van der Waals surface area (Å²) in [5, 5.41) is 27.1. The third-order valence-electron chi connectivity index (χ3n) is 1.70. The van der Waals surface area contributed by atoms with Crippen LogP contribution in [0.1, 0.15) is 11.1 Å². The molecule has 2 N–H and O–H groups in total. The first-order valence-electron chi connectivity index (χ1n) is 4.18. The Hall–Kier alpha value is -2.59. The Morgan fingerprint density at radius 2 is 1.93 bits per heavy atom. The number of hydrogen-bond donors (Lipinski definition) is 2. The first-order valence-corrected chi connectivity index (χ1v) is 4.18. The van der Waals surface area contributed by atoms with Crippen LogP contribution in [0.25, 0.3) is 0 Å². The summed E-state index contributed by atoms with van der Waals surface area (Å²) < 4.78 is 0. The molecule has 4 heteroatoms. The smallest absolute Gasteiger partial charge is 0.101 e. The van der Waals surface area contributed by atoms with Gasteiger partial charge in [-0.3, -0.25) is 0 Å². The highest BCUT2D eigenvalue weighted by Crippen LogP contribution is 2.14. The second kappa shape index (κ2) is 5.21. The lowest BCUT2D eigenvalue weighted by Gasteiger charge is -2.01. The Balaban J connectivity index is 2.95. The van der Waals surface area contributed by atoms with Crippen molar-refractivity contribution in [2.45, 2.75) is 0 Å². The fraction of sp³-hybridized carbons (Fsp3) is 0. The van der Waals surface area contributed by atoms with Gasteiger partial charge >= 0.3 is 0 Å². The highest BCUT2D eigenvalue weighted by molar-refractivity contribution is 5.68. The van der Waals surface area contributed by atoms with Crippen molar-refractivity contribution in [3.05, 3.63) is 41.6 Å². The summed E-state index contributed by atoms with van der Waals surface area (Å²) in [5.74, 6) is 0. The van der Waals surface area contributed by atoms with Gasteiger partial charge < -0.3 is 10.7 Å². The minimum absolute atomic E-state index is 0.339. The molecule has 1 rings (SSSR count). The van der Waals surface area contributed by atoms with Gasteiger partial charge in [0.25, 0.3) is 0 Å². The number of hydrogen-bond acceptors (Lipinski definition) is 4. The van der Waals surface area contributed by atoms with Crippen LogP contribution in [0.2, 0.25) is 0 Å². The zero-order valence-electron chi connectivity index (χ0n) is 7.86. The van der Waals surface area contributed by atoms with Crippen molar-refractivity contribution in [3.63, 3.8) is 0 Å². The second-order valence-electron chi connectivity index (χ2n) is 2.65. The van der Waals surface area contributed by atoms with Gasteiger partial charge in [0.15, 0.2) is 0 Å². The molecule has 0 radical (unpaired) electrons. The summed E-state index contributed by atoms with van der Waals surface area (Å²) in [6.07, 6.45) is 4.24. The van der Waals surface area contributed by atoms with E-state index in [0.717, 1.165) is 6.21 Å². The zero-order valence-corrected chi connectivity index (χ0v) is 7.86. The van der Waals surface area contributed by atoms with Crippen molar-refractivity contribution in [2.75, 3.05) is 5.32 Å². The van der Waals surface area contributed by atoms with Gasteiger partial charge in [-0.25, -0.2) is 0 Å². The van der Waals surface area contributed by atoms with E-state index in [1.54, 1.807) is 24.4 Å². The van der Waals surface area contributed by atoms with Crippen LogP contribution in [0, 0.1) is 28.1 Å². The maximum absolute atomic E-state index is 8.76. The molecule has 0 heterocycles. The van der Waals surface area contributed by atoms with Crippen LogP contribution in [0.4, 0.5) is 5.69 Å². The van der Waals surface area contributed by atoms with Crippen LogP contribution in [-0.4, -0.2) is 6.21 Å². The number of rotatable bonds is 3. The summed E-state index contributed by atoms with van der Waals surface area (Å²) >= 11 is 0. The van der Waals surface area contributed by atoms with E-state index in [-0.39, 0.29) is 0 Å². The van der Waals surface area contributed by atoms with Crippen LogP contribution < -0.4 is 5.32 Å². The number of nitriles is 2. The lowest BCUT2D eigenvalue weighted by molar-refractivity contribution is 1.42. The third-order valence-corrected chi connectivity index (χ3v) is 1.70. The van der Waals surface area contributed by atoms with Gasteiger partial charge in [-0.05, 0) is 24.3 Å². The lowest BCUT2D eigenvalue weighted by atomic mass is 10.1. The van der Waals surface area contributed by atoms with Crippen molar-refractivity contribution in [3.8, 4) is 12.1 Å². The fourth-order valence-corrected chi connectivity index (χ4v) is 1.02. The molecule has 0 atom stereocenters. The highest BCUT2D eigenvalue weighted by atomic mass is 14.8. The number of allylic oxidation sites excluding steroid dienone is 1. The molecule has 0 aliphatic carbocycles. The van der Waals surface area contributed by atoms with E-state index in [9.17, 15) is 0 Å². The van der Waals surface area contributed by atoms with E-state index in [1.807, 2.05) is 12.1 Å². The van der Waals surface area contributed by atoms with Crippen LogP contribution in [0.5, 0.6) is 0 Å². The molecule has 0 aliphatic heterocycles. The van der Waals surface area contributed by atoms with Gasteiger partial charge in [0.1, 0.15) is 12.1 Å². The van der Waals surface area contributed by atoms with Crippen LogP contribution in [0.15, 0.2) is 30.5 Å². The predicted octanol–water partition coefficient (Wildman–Crippen LogP) is 2.01. The number of benzene rings is 1. The van der Waals surface area contributed by atoms with E-state index in [2.05, 4.69) is 5.32 Å². The second-order valence-corrected chi connectivity index (χ2v) is 2.65. The van der Waals surface area contributed by atoms with Gasteiger partial charge in [-0.2, -0.15) is 10.5 Å². The Bertz CT molecular complexity index is 474. The molecule has 0 saturated heterocycles. The van der Waals surface area contributed by atoms with Crippen molar-refractivity contribution in [2.24, 2.45) is 0 Å². The molecule has 4 nitrogen and oxygen atoms in total. The summed E-state index contributed by atoms with van der Waals surface area (Å²) in [5.41, 5.74) is 1.41. The standard InChI is InChI=1S/C11H8N4/c12-4-1-5-15-11-3-2-9(7-13)10(6-11)8-14/h1-6,12,15H/b5-1-,12-4?. The molecule has 0 fully saturated rings. The largest absolute Gasteiger partial charge is 0.362 e. The zero-order chi connectivity index (χ0) is 11.1. The maximum Gasteiger partial charge on any atom is 0.101 e. The summed E-state index contributed by atoms with van der Waals surface area (Å²) in [6, 6.07) is 8.76. The molecular weight excluding hydrogens is 188 g/mol. The van der Waals surface area contributed by atoms with Crippen molar-refractivity contribution in [1.82, 2.24) is 0 Å². The van der Waals surface area contributed by atoms with E-state index < -0.39 is 0 Å². The molecule has 0 bridgehead atoms. The molecule has 1 aromatic carbocycles. The molecule has 0 spiro atoms. The maximum atomic E-state index is 8.76. The van der Waals surface area contributed by atoms with Crippen molar-refractivity contribution >= 4 is 11.9 Å². The van der Waals surface area contributed by atoms with Gasteiger partial charge in [0.05, 0.1) is 11.1 Å². The van der Waals surface area contributed by atoms with Gasteiger partial charge in [0, 0.05) is 18.1 Å². The molecule has 0 aliphatic rings. The first kappa shape index (κ1) is 10.5. The minimum Gasteiger partial charge on any atom is -0.362 e. The van der Waals surface area contributed by atoms with Crippen molar-refractivity contribution < 1.29 is 0 Å². The Morgan fingerprint density at radius 3 is 2.53 bits per heavy atom. The van der Waals surface area contributed by atoms with Crippen LogP contribution in [0.3, 0.4) is 0 Å². The Labute approximate surface area is 87.6 Å². The highest BCUT2D eigenvalue weighted by Gasteiger charge is 2.01. The summed E-state index contributed by atoms with van der Waals surface area (Å²) in [6.45, 7) is 0. The van der Waals surface area contributed by atoms with Crippen molar-refractivity contribution in [1.29, 1.82) is 15.9 Å². The molecule has 0 amide bonds. The molecule has 0 saturated carbocycles. The number of anilines is 1. The summed E-state index contributed by atoms with van der Waals surface area (Å²) in [4.78, 5) is 0. The Kier molecular flexibility index (Phi) is 3.64. The SMILES string of the molecule is N#Cc1ccc(N/C=C\C=N)cc1C#N. The topological polar surface area (TPSA) is 83.5 Å². The average molecular weight is 196 g/mol. The fourth-order valence-electron chi connectivity index (χ4n) is 1.02. The van der Waals surface area contributed by atoms with Crippen LogP contribution in [-0.2, 0) is 0 Å². The molecule has 72 valence electrons. The molecule has 15 heavy (non-hydrogen) atoms. The minimum atomic E-state index is 0.339. The third kappa shape index (κ3) is 2.68. The van der Waals surface area contributed by atoms with Gasteiger partial charge in [-0.1, -0.05) is 0 Å². The van der Waals surface area contributed by atoms with E-state index in [1.165, 1.54) is 6.08 Å². The quantitative estimate of drug-likeness (QED) is 0.725. The van der Waals surface area contributed by atoms with Gasteiger partial charge in [0.2, 0.25) is 0 Å². The monoisotopic (exact) mass is 196 g/mol. The Morgan fingerprint density at radius 1 is 1.20 bits per heavy atom. The lowest BCUT2D eigenvalue weighted by Crippen LogP contribution is -1.90. The molecular formula is C11H8N4. The molecule has 1 aromatic rings. The average Bonchev–Trinajstić information content (AvgIpc) is 2.29. The molecule has 0 unspecified atom stereocenters. The van der Waals surface area contributed by atoms with E-state index >= 15 is 0 Å². The van der Waals surface area contributed by atoms with E-state index in [0.29, 0.717) is 16.8 Å². The van der Waals surface area contributed by atoms with E-state index in [4.69, 9.17) is 15.9 Å². The molecule has 0 aromatic heterocycles. The van der Waals surface area contributed by atoms with Gasteiger partial charge in [-0.15, -0.1) is 0 Å².